The Labute approximate surface area is 180 Å². The van der Waals surface area contributed by atoms with Crippen molar-refractivity contribution in [2.24, 2.45) is 5.92 Å². The second kappa shape index (κ2) is 8.46. The molecular weight excluding hydrogens is 398 g/mol. The monoisotopic (exact) mass is 423 g/mol. The lowest BCUT2D eigenvalue weighted by Crippen LogP contribution is -2.53. The van der Waals surface area contributed by atoms with Crippen molar-refractivity contribution in [2.45, 2.75) is 43.9 Å². The minimum atomic E-state index is -1.74. The number of ether oxygens (including phenoxy) is 1. The number of nitrogens with one attached hydrogen (secondary N) is 1. The summed E-state index contributed by atoms with van der Waals surface area (Å²) in [6, 6.07) is 16.5. The van der Waals surface area contributed by atoms with Crippen molar-refractivity contribution < 1.29 is 19.6 Å². The predicted octanol–water partition coefficient (Wildman–Crippen LogP) is 3.24. The van der Waals surface area contributed by atoms with Gasteiger partial charge in [-0.2, -0.15) is 5.26 Å². The molecule has 1 aliphatic heterocycles. The summed E-state index contributed by atoms with van der Waals surface area (Å²) in [5.74, 6) is -1.96. The Kier molecular flexibility index (Phi) is 6.11. The number of nitro benzene ring substituents is 1. The Hall–Kier alpha value is -3.28. The lowest BCUT2D eigenvalue weighted by molar-refractivity contribution is -0.384. The van der Waals surface area contributed by atoms with Crippen molar-refractivity contribution in [1.29, 1.82) is 5.26 Å². The molecular formula is C23H25N3O5. The molecule has 0 bridgehead atoms. The van der Waals surface area contributed by atoms with E-state index in [1.807, 2.05) is 18.2 Å². The molecule has 2 aromatic rings. The van der Waals surface area contributed by atoms with Gasteiger partial charge >= 0.3 is 5.97 Å². The van der Waals surface area contributed by atoms with Crippen molar-refractivity contribution >= 4 is 11.7 Å². The molecule has 8 nitrogen and oxygen atoms in total. The van der Waals surface area contributed by atoms with E-state index in [9.17, 15) is 25.3 Å². The molecule has 162 valence electrons. The highest BCUT2D eigenvalue weighted by Gasteiger charge is 2.60. The first-order chi connectivity index (χ1) is 14.6. The van der Waals surface area contributed by atoms with Gasteiger partial charge in [0.1, 0.15) is 5.60 Å². The number of nitrogens with zero attached hydrogens (tertiary/aromatic N) is 2. The van der Waals surface area contributed by atoms with Gasteiger partial charge in [0.2, 0.25) is 5.54 Å². The van der Waals surface area contributed by atoms with E-state index < -0.39 is 39.9 Å². The number of non-ortho nitro benzene ring substituents is 1. The first-order valence-electron chi connectivity index (χ1n) is 9.95. The fraction of sp³-hybridized carbons (Fsp3) is 0.391. The van der Waals surface area contributed by atoms with Gasteiger partial charge in [0, 0.05) is 36.6 Å². The Balaban J connectivity index is 2.13. The van der Waals surface area contributed by atoms with E-state index in [0.717, 1.165) is 0 Å². The minimum Gasteiger partial charge on any atom is -0.458 e. The quantitative estimate of drug-likeness (QED) is 0.429. The van der Waals surface area contributed by atoms with Crippen LogP contribution >= 0.6 is 0 Å². The normalized spacial score (nSPS) is 25.6. The number of esters is 1. The molecule has 1 aliphatic rings. The van der Waals surface area contributed by atoms with E-state index in [4.69, 9.17) is 4.74 Å². The SMILES string of the molecule is CC(C)(C)OC(=O)[C@]1(C#N)N[C@H](c2ccc([N+](=O)[O-])cc2)[C@H](CO)[C@H]1c1ccccc1. The van der Waals surface area contributed by atoms with Gasteiger partial charge in [0.15, 0.2) is 0 Å². The zero-order chi connectivity index (χ0) is 22.8. The number of nitro groups is 1. The summed E-state index contributed by atoms with van der Waals surface area (Å²) < 4.78 is 5.60. The predicted molar refractivity (Wildman–Crippen MR) is 113 cm³/mol. The van der Waals surface area contributed by atoms with Crippen molar-refractivity contribution in [3.63, 3.8) is 0 Å². The summed E-state index contributed by atoms with van der Waals surface area (Å²) in [5.41, 5.74) is -1.28. The van der Waals surface area contributed by atoms with Crippen LogP contribution < -0.4 is 5.32 Å². The molecule has 1 fully saturated rings. The van der Waals surface area contributed by atoms with Crippen LogP contribution in [0.15, 0.2) is 54.6 Å². The highest BCUT2D eigenvalue weighted by molar-refractivity contribution is 5.87. The molecule has 0 unspecified atom stereocenters. The molecule has 4 atom stereocenters. The van der Waals surface area contributed by atoms with E-state index in [0.29, 0.717) is 11.1 Å². The van der Waals surface area contributed by atoms with Crippen LogP contribution in [-0.4, -0.2) is 33.7 Å². The van der Waals surface area contributed by atoms with Gasteiger partial charge in [-0.05, 0) is 31.9 Å². The molecule has 0 saturated carbocycles. The first kappa shape index (κ1) is 22.4. The van der Waals surface area contributed by atoms with Crippen LogP contribution in [0.5, 0.6) is 0 Å². The van der Waals surface area contributed by atoms with E-state index in [1.54, 1.807) is 45.0 Å². The van der Waals surface area contributed by atoms with E-state index >= 15 is 0 Å². The molecule has 1 saturated heterocycles. The Morgan fingerprint density at radius 1 is 1.19 bits per heavy atom. The third-order valence-electron chi connectivity index (χ3n) is 5.44. The average Bonchev–Trinajstić information content (AvgIpc) is 3.09. The Morgan fingerprint density at radius 3 is 2.29 bits per heavy atom. The number of rotatable bonds is 5. The molecule has 1 heterocycles. The number of benzene rings is 2. The second-order valence-corrected chi connectivity index (χ2v) is 8.63. The molecule has 0 aliphatic carbocycles. The van der Waals surface area contributed by atoms with Gasteiger partial charge in [-0.15, -0.1) is 0 Å². The van der Waals surface area contributed by atoms with Crippen LogP contribution in [0, 0.1) is 27.4 Å². The van der Waals surface area contributed by atoms with Crippen molar-refractivity contribution in [1.82, 2.24) is 5.32 Å². The van der Waals surface area contributed by atoms with Crippen LogP contribution in [0.4, 0.5) is 5.69 Å². The van der Waals surface area contributed by atoms with Crippen LogP contribution in [0.2, 0.25) is 0 Å². The standard InChI is InChI=1S/C23H25N3O5/c1-22(2,3)31-21(28)23(14-24)19(15-7-5-4-6-8-15)18(13-27)20(25-23)16-9-11-17(12-10-16)26(29)30/h4-12,18-20,25,27H,13H2,1-3H3/t18-,19-,20-,23-/m1/s1. The highest BCUT2D eigenvalue weighted by Crippen LogP contribution is 2.49. The summed E-state index contributed by atoms with van der Waals surface area (Å²) in [5, 5.41) is 34.7. The third-order valence-corrected chi connectivity index (χ3v) is 5.44. The fourth-order valence-electron chi connectivity index (χ4n) is 4.15. The van der Waals surface area contributed by atoms with Gasteiger partial charge in [-0.25, -0.2) is 4.79 Å². The molecule has 2 aromatic carbocycles. The number of aliphatic hydroxyl groups excluding tert-OH is 1. The van der Waals surface area contributed by atoms with Gasteiger partial charge in [0.05, 0.1) is 11.0 Å². The number of aliphatic hydroxyl groups is 1. The van der Waals surface area contributed by atoms with Crippen LogP contribution in [0.1, 0.15) is 43.9 Å². The molecule has 3 rings (SSSR count). The van der Waals surface area contributed by atoms with Gasteiger partial charge in [-0.1, -0.05) is 42.5 Å². The minimum absolute atomic E-state index is 0.0689. The van der Waals surface area contributed by atoms with Gasteiger partial charge < -0.3 is 9.84 Å². The van der Waals surface area contributed by atoms with E-state index in [2.05, 4.69) is 11.4 Å². The number of nitriles is 1. The smallest absolute Gasteiger partial charge is 0.342 e. The van der Waals surface area contributed by atoms with Crippen LogP contribution in [0.25, 0.3) is 0 Å². The van der Waals surface area contributed by atoms with E-state index in [1.165, 1.54) is 12.1 Å². The fourth-order valence-corrected chi connectivity index (χ4v) is 4.15. The number of hydrogen-bond acceptors (Lipinski definition) is 7. The molecule has 0 aromatic heterocycles. The largest absolute Gasteiger partial charge is 0.458 e. The summed E-state index contributed by atoms with van der Waals surface area (Å²) in [6.07, 6.45) is 0. The maximum Gasteiger partial charge on any atom is 0.342 e. The average molecular weight is 423 g/mol. The molecule has 8 heteroatoms. The number of carbonyl (C=O) groups is 1. The zero-order valence-corrected chi connectivity index (χ0v) is 17.6. The second-order valence-electron chi connectivity index (χ2n) is 8.63. The van der Waals surface area contributed by atoms with Crippen molar-refractivity contribution in [2.75, 3.05) is 6.61 Å². The Morgan fingerprint density at radius 2 is 1.81 bits per heavy atom. The molecule has 0 amide bonds. The molecule has 2 N–H and O–H groups in total. The van der Waals surface area contributed by atoms with Crippen LogP contribution in [0.3, 0.4) is 0 Å². The molecule has 31 heavy (non-hydrogen) atoms. The van der Waals surface area contributed by atoms with Gasteiger partial charge in [0.25, 0.3) is 5.69 Å². The van der Waals surface area contributed by atoms with Gasteiger partial charge in [-0.3, -0.25) is 15.4 Å². The topological polar surface area (TPSA) is 125 Å². The molecule has 0 radical (unpaired) electrons. The van der Waals surface area contributed by atoms with Crippen LogP contribution in [-0.2, 0) is 9.53 Å². The number of hydrogen-bond donors (Lipinski definition) is 2. The zero-order valence-electron chi connectivity index (χ0n) is 17.6. The maximum absolute atomic E-state index is 13.3. The lowest BCUT2D eigenvalue weighted by Gasteiger charge is -2.32. The maximum atomic E-state index is 13.3. The summed E-state index contributed by atoms with van der Waals surface area (Å²) in [7, 11) is 0. The highest BCUT2D eigenvalue weighted by atomic mass is 16.6. The van der Waals surface area contributed by atoms with Crippen molar-refractivity contribution in [3.05, 3.63) is 75.8 Å². The Bertz CT molecular complexity index is 995. The van der Waals surface area contributed by atoms with E-state index in [-0.39, 0.29) is 12.3 Å². The first-order valence-corrected chi connectivity index (χ1v) is 9.95. The number of carbonyl (C=O) groups excluding carboxylic acids is 1. The summed E-state index contributed by atoms with van der Waals surface area (Å²) in [6.45, 7) is 4.86. The molecule has 0 spiro atoms. The third kappa shape index (κ3) is 4.29. The summed E-state index contributed by atoms with van der Waals surface area (Å²) in [4.78, 5) is 23.8. The van der Waals surface area contributed by atoms with Crippen molar-refractivity contribution in [3.8, 4) is 6.07 Å². The summed E-state index contributed by atoms with van der Waals surface area (Å²) >= 11 is 0. The lowest BCUT2D eigenvalue weighted by atomic mass is 9.74.